The molecule has 6 nitrogen and oxygen atoms in total. The molecule has 0 aliphatic carbocycles. The van der Waals surface area contributed by atoms with Crippen molar-refractivity contribution in [1.82, 2.24) is 25.3 Å². The van der Waals surface area contributed by atoms with Crippen molar-refractivity contribution >= 4 is 15.9 Å². The summed E-state index contributed by atoms with van der Waals surface area (Å²) in [4.78, 5) is 0. The van der Waals surface area contributed by atoms with Crippen LogP contribution in [0, 0.1) is 0 Å². The number of methoxy groups -OCH3 is 1. The Morgan fingerprint density at radius 3 is 2.62 bits per heavy atom. The standard InChI is InChI=1S/C14H20BrN5O/c1-5-16-13(11-6-7-12(21-4)19-18-11)14-10(15)8-17-20(14)9(2)3/h6-9,13,16H,5H2,1-4H3. The summed E-state index contributed by atoms with van der Waals surface area (Å²) < 4.78 is 8.01. The molecule has 0 aliphatic heterocycles. The molecule has 0 bridgehead atoms. The smallest absolute Gasteiger partial charge is 0.233 e. The predicted molar refractivity (Wildman–Crippen MR) is 84.4 cm³/mol. The molecule has 2 aromatic rings. The molecule has 7 heteroatoms. The second kappa shape index (κ2) is 7.00. The van der Waals surface area contributed by atoms with Crippen LogP contribution in [0.4, 0.5) is 0 Å². The van der Waals surface area contributed by atoms with Crippen molar-refractivity contribution in [3.63, 3.8) is 0 Å². The summed E-state index contributed by atoms with van der Waals surface area (Å²) in [6, 6.07) is 3.92. The van der Waals surface area contributed by atoms with E-state index in [0.29, 0.717) is 5.88 Å². The molecule has 114 valence electrons. The van der Waals surface area contributed by atoms with E-state index in [1.807, 2.05) is 23.0 Å². The number of rotatable bonds is 6. The van der Waals surface area contributed by atoms with Gasteiger partial charge in [-0.1, -0.05) is 6.92 Å². The molecule has 21 heavy (non-hydrogen) atoms. The Morgan fingerprint density at radius 2 is 2.10 bits per heavy atom. The Kier molecular flexibility index (Phi) is 5.30. The molecule has 0 saturated heterocycles. The van der Waals surface area contributed by atoms with Crippen molar-refractivity contribution < 1.29 is 4.74 Å². The first kappa shape index (κ1) is 15.9. The Labute approximate surface area is 133 Å². The summed E-state index contributed by atoms with van der Waals surface area (Å²) in [5.74, 6) is 0.505. The van der Waals surface area contributed by atoms with Gasteiger partial charge < -0.3 is 10.1 Å². The molecule has 0 amide bonds. The quantitative estimate of drug-likeness (QED) is 0.864. The number of aromatic nitrogens is 4. The maximum Gasteiger partial charge on any atom is 0.233 e. The monoisotopic (exact) mass is 353 g/mol. The van der Waals surface area contributed by atoms with Gasteiger partial charge in [-0.3, -0.25) is 4.68 Å². The van der Waals surface area contributed by atoms with Crippen LogP contribution in [-0.4, -0.2) is 33.6 Å². The average molecular weight is 354 g/mol. The molecule has 0 fully saturated rings. The van der Waals surface area contributed by atoms with E-state index in [-0.39, 0.29) is 12.1 Å². The summed E-state index contributed by atoms with van der Waals surface area (Å²) in [5, 5.41) is 16.2. The molecule has 0 spiro atoms. The van der Waals surface area contributed by atoms with Crippen LogP contribution in [0.25, 0.3) is 0 Å². The normalized spacial score (nSPS) is 12.7. The second-order valence-corrected chi connectivity index (χ2v) is 5.76. The SMILES string of the molecule is CCNC(c1ccc(OC)nn1)c1c(Br)cnn1C(C)C. The molecule has 0 aliphatic rings. The summed E-state index contributed by atoms with van der Waals surface area (Å²) in [5.41, 5.74) is 1.88. The van der Waals surface area contributed by atoms with Crippen LogP contribution in [0.5, 0.6) is 5.88 Å². The fraction of sp³-hybridized carbons (Fsp3) is 0.500. The first-order chi connectivity index (χ1) is 10.1. The topological polar surface area (TPSA) is 64.9 Å². The fourth-order valence-electron chi connectivity index (χ4n) is 2.17. The molecule has 1 N–H and O–H groups in total. The highest BCUT2D eigenvalue weighted by atomic mass is 79.9. The van der Waals surface area contributed by atoms with Crippen LogP contribution in [0.2, 0.25) is 0 Å². The summed E-state index contributed by atoms with van der Waals surface area (Å²) in [6.45, 7) is 7.08. The lowest BCUT2D eigenvalue weighted by atomic mass is 10.1. The van der Waals surface area contributed by atoms with Gasteiger partial charge in [0.05, 0.1) is 35.2 Å². The molecule has 2 rings (SSSR count). The van der Waals surface area contributed by atoms with Crippen molar-refractivity contribution in [3.05, 3.63) is 34.2 Å². The Hall–Kier alpha value is -1.47. The van der Waals surface area contributed by atoms with E-state index in [2.05, 4.69) is 57.3 Å². The van der Waals surface area contributed by atoms with E-state index in [9.17, 15) is 0 Å². The van der Waals surface area contributed by atoms with Crippen LogP contribution in [0.1, 0.15) is 44.2 Å². The number of halogens is 1. The highest BCUT2D eigenvalue weighted by Crippen LogP contribution is 2.29. The molecule has 0 aromatic carbocycles. The third-order valence-corrected chi connectivity index (χ3v) is 3.73. The van der Waals surface area contributed by atoms with Crippen molar-refractivity contribution in [2.45, 2.75) is 32.9 Å². The van der Waals surface area contributed by atoms with Crippen LogP contribution in [0.15, 0.2) is 22.8 Å². The molecule has 1 unspecified atom stereocenters. The lowest BCUT2D eigenvalue weighted by Crippen LogP contribution is -2.27. The zero-order chi connectivity index (χ0) is 15.4. The predicted octanol–water partition coefficient (Wildman–Crippen LogP) is 2.72. The average Bonchev–Trinajstić information content (AvgIpc) is 2.87. The summed E-state index contributed by atoms with van der Waals surface area (Å²) >= 11 is 3.59. The van der Waals surface area contributed by atoms with Crippen LogP contribution in [0.3, 0.4) is 0 Å². The first-order valence-electron chi connectivity index (χ1n) is 6.92. The molecule has 0 saturated carbocycles. The maximum absolute atomic E-state index is 5.06. The second-order valence-electron chi connectivity index (χ2n) is 4.91. The fourth-order valence-corrected chi connectivity index (χ4v) is 2.67. The molecule has 0 radical (unpaired) electrons. The maximum atomic E-state index is 5.06. The van der Waals surface area contributed by atoms with E-state index < -0.39 is 0 Å². The highest BCUT2D eigenvalue weighted by Gasteiger charge is 2.24. The number of nitrogens with one attached hydrogen (secondary N) is 1. The van der Waals surface area contributed by atoms with E-state index in [0.717, 1.165) is 22.4 Å². The lowest BCUT2D eigenvalue weighted by molar-refractivity contribution is 0.389. The van der Waals surface area contributed by atoms with Gasteiger partial charge in [-0.15, -0.1) is 10.2 Å². The van der Waals surface area contributed by atoms with Crippen LogP contribution in [-0.2, 0) is 0 Å². The van der Waals surface area contributed by atoms with E-state index in [1.165, 1.54) is 0 Å². The van der Waals surface area contributed by atoms with Gasteiger partial charge in [0.2, 0.25) is 5.88 Å². The molecule has 2 heterocycles. The first-order valence-corrected chi connectivity index (χ1v) is 7.71. The van der Waals surface area contributed by atoms with Gasteiger partial charge in [-0.2, -0.15) is 5.10 Å². The molecular formula is C14H20BrN5O. The van der Waals surface area contributed by atoms with Crippen molar-refractivity contribution in [2.75, 3.05) is 13.7 Å². The van der Waals surface area contributed by atoms with E-state index in [1.54, 1.807) is 7.11 Å². The Bertz CT molecular complexity index is 582. The molecule has 2 aromatic heterocycles. The van der Waals surface area contributed by atoms with E-state index >= 15 is 0 Å². The van der Waals surface area contributed by atoms with E-state index in [4.69, 9.17) is 4.74 Å². The number of hydrogen-bond acceptors (Lipinski definition) is 5. The van der Waals surface area contributed by atoms with Gasteiger partial charge in [0.15, 0.2) is 0 Å². The highest BCUT2D eigenvalue weighted by molar-refractivity contribution is 9.10. The molecular weight excluding hydrogens is 334 g/mol. The minimum Gasteiger partial charge on any atom is -0.480 e. The van der Waals surface area contributed by atoms with Crippen molar-refractivity contribution in [1.29, 1.82) is 0 Å². The van der Waals surface area contributed by atoms with Gasteiger partial charge in [-0.25, -0.2) is 0 Å². The zero-order valence-electron chi connectivity index (χ0n) is 12.7. The number of hydrogen-bond donors (Lipinski definition) is 1. The third-order valence-electron chi connectivity index (χ3n) is 3.12. The summed E-state index contributed by atoms with van der Waals surface area (Å²) in [7, 11) is 1.58. The van der Waals surface area contributed by atoms with Crippen LogP contribution < -0.4 is 10.1 Å². The van der Waals surface area contributed by atoms with Gasteiger partial charge in [-0.05, 0) is 42.4 Å². The lowest BCUT2D eigenvalue weighted by Gasteiger charge is -2.21. The van der Waals surface area contributed by atoms with Crippen LogP contribution >= 0.6 is 15.9 Å². The minimum absolute atomic E-state index is 0.0762. The Morgan fingerprint density at radius 1 is 1.33 bits per heavy atom. The van der Waals surface area contributed by atoms with Crippen molar-refractivity contribution in [3.8, 4) is 5.88 Å². The minimum atomic E-state index is -0.0762. The Balaban J connectivity index is 2.45. The van der Waals surface area contributed by atoms with Gasteiger partial charge >= 0.3 is 0 Å². The largest absolute Gasteiger partial charge is 0.480 e. The summed E-state index contributed by atoms with van der Waals surface area (Å²) in [6.07, 6.45) is 1.82. The van der Waals surface area contributed by atoms with Gasteiger partial charge in [0.25, 0.3) is 0 Å². The zero-order valence-corrected chi connectivity index (χ0v) is 14.3. The molecule has 1 atom stereocenters. The van der Waals surface area contributed by atoms with Gasteiger partial charge in [0, 0.05) is 12.1 Å². The number of ether oxygens (including phenoxy) is 1. The van der Waals surface area contributed by atoms with Crippen molar-refractivity contribution in [2.24, 2.45) is 0 Å². The third kappa shape index (κ3) is 3.41. The number of nitrogens with zero attached hydrogens (tertiary/aromatic N) is 4. The van der Waals surface area contributed by atoms with Gasteiger partial charge in [0.1, 0.15) is 0 Å².